The predicted molar refractivity (Wildman–Crippen MR) is 138 cm³/mol. The van der Waals surface area contributed by atoms with Gasteiger partial charge in [0.2, 0.25) is 17.7 Å². The lowest BCUT2D eigenvalue weighted by atomic mass is 10.0. The van der Waals surface area contributed by atoms with Crippen LogP contribution in [0.2, 0.25) is 0 Å². The maximum Gasteiger partial charge on any atom is 0.327 e. The Balaban J connectivity index is 2.09. The number of hydrogen-bond acceptors (Lipinski definition) is 7. The smallest absolute Gasteiger partial charge is 0.327 e. The molecule has 0 spiro atoms. The van der Waals surface area contributed by atoms with Crippen LogP contribution in [-0.2, 0) is 25.6 Å². The number of aliphatic carboxylic acids is 1. The summed E-state index contributed by atoms with van der Waals surface area (Å²) in [6.45, 7) is 4.99. The second kappa shape index (κ2) is 13.3. The summed E-state index contributed by atoms with van der Waals surface area (Å²) in [5.74, 6) is -3.56. The first-order valence-corrected chi connectivity index (χ1v) is 12.3. The number of aliphatic hydroxyl groups excluding tert-OH is 1. The third-order valence-electron chi connectivity index (χ3n) is 5.65. The van der Waals surface area contributed by atoms with Crippen molar-refractivity contribution in [1.82, 2.24) is 20.9 Å². The van der Waals surface area contributed by atoms with E-state index >= 15 is 0 Å². The number of hydrogen-bond donors (Lipinski definition) is 8. The Morgan fingerprint density at radius 3 is 2.22 bits per heavy atom. The number of carboxylic acid groups (broad SMARTS) is 1. The highest BCUT2D eigenvalue weighted by Gasteiger charge is 2.32. The molecule has 1 aromatic carbocycles. The van der Waals surface area contributed by atoms with Crippen LogP contribution < -0.4 is 21.7 Å². The molecular formula is C24H35N5O6S. The molecule has 0 aliphatic rings. The number of nitrogens with two attached hydrogens (primary N) is 1. The molecule has 0 radical (unpaired) electrons. The molecule has 2 rings (SSSR count). The van der Waals surface area contributed by atoms with Gasteiger partial charge in [0, 0.05) is 22.9 Å². The molecule has 0 saturated heterocycles. The fourth-order valence-electron chi connectivity index (χ4n) is 3.72. The molecule has 0 bridgehead atoms. The normalized spacial score (nSPS) is 15.5. The lowest BCUT2D eigenvalue weighted by Gasteiger charge is -2.27. The van der Waals surface area contributed by atoms with E-state index < -0.39 is 54.0 Å². The van der Waals surface area contributed by atoms with Crippen molar-refractivity contribution in [2.45, 2.75) is 63.9 Å². The lowest BCUT2D eigenvalue weighted by Crippen LogP contribution is -2.60. The SMILES string of the molecule is CC(C)CC(NC(=O)C(NC(=O)C(N)Cc1c[nH]c2ccccc12)C(C)O)C(=O)NC(CS)C(=O)O. The summed E-state index contributed by atoms with van der Waals surface area (Å²) in [4.78, 5) is 52.8. The second-order valence-electron chi connectivity index (χ2n) is 9.17. The summed E-state index contributed by atoms with van der Waals surface area (Å²) in [6, 6.07) is 2.86. The fourth-order valence-corrected chi connectivity index (χ4v) is 3.97. The maximum absolute atomic E-state index is 13.0. The van der Waals surface area contributed by atoms with Gasteiger partial charge in [-0.3, -0.25) is 14.4 Å². The molecular weight excluding hydrogens is 486 g/mol. The number of amides is 3. The number of thiol groups is 1. The molecule has 1 aromatic heterocycles. The maximum atomic E-state index is 13.0. The Bertz CT molecular complexity index is 1070. The number of carboxylic acids is 1. The molecule has 0 aliphatic carbocycles. The number of carbonyl (C=O) groups excluding carboxylic acids is 3. The third kappa shape index (κ3) is 7.97. The average molecular weight is 522 g/mol. The van der Waals surface area contributed by atoms with Crippen LogP contribution in [-0.4, -0.2) is 74.9 Å². The number of para-hydroxylation sites is 1. The van der Waals surface area contributed by atoms with Gasteiger partial charge in [-0.25, -0.2) is 4.79 Å². The van der Waals surface area contributed by atoms with Crippen LogP contribution in [0.25, 0.3) is 10.9 Å². The van der Waals surface area contributed by atoms with Gasteiger partial charge < -0.3 is 36.9 Å². The van der Waals surface area contributed by atoms with Gasteiger partial charge in [0.15, 0.2) is 0 Å². The largest absolute Gasteiger partial charge is 0.480 e. The molecule has 3 amide bonds. The molecule has 2 aromatic rings. The number of aromatic nitrogens is 1. The summed E-state index contributed by atoms with van der Waals surface area (Å²) >= 11 is 3.93. The van der Waals surface area contributed by atoms with Gasteiger partial charge in [-0.2, -0.15) is 12.6 Å². The summed E-state index contributed by atoms with van der Waals surface area (Å²) in [5, 5.41) is 27.6. The lowest BCUT2D eigenvalue weighted by molar-refractivity contribution is -0.141. The molecule has 198 valence electrons. The Labute approximate surface area is 215 Å². The van der Waals surface area contributed by atoms with Crippen LogP contribution in [0.1, 0.15) is 32.8 Å². The zero-order valence-electron chi connectivity index (χ0n) is 20.5. The fraction of sp³-hybridized carbons (Fsp3) is 0.500. The molecule has 11 nitrogen and oxygen atoms in total. The number of carbonyl (C=O) groups is 4. The first-order chi connectivity index (χ1) is 16.9. The van der Waals surface area contributed by atoms with E-state index in [0.29, 0.717) is 0 Å². The molecule has 5 atom stereocenters. The van der Waals surface area contributed by atoms with Gasteiger partial charge in [-0.05, 0) is 37.3 Å². The molecule has 0 saturated carbocycles. The summed E-state index contributed by atoms with van der Waals surface area (Å²) in [5.41, 5.74) is 7.83. The van der Waals surface area contributed by atoms with Crippen LogP contribution in [0.3, 0.4) is 0 Å². The van der Waals surface area contributed by atoms with Crippen molar-refractivity contribution in [3.05, 3.63) is 36.0 Å². The van der Waals surface area contributed by atoms with Gasteiger partial charge in [0.1, 0.15) is 18.1 Å². The first-order valence-electron chi connectivity index (χ1n) is 11.7. The first kappa shape index (κ1) is 29.1. The van der Waals surface area contributed by atoms with Gasteiger partial charge in [0.25, 0.3) is 0 Å². The van der Waals surface area contributed by atoms with Crippen LogP contribution in [0.15, 0.2) is 30.5 Å². The van der Waals surface area contributed by atoms with E-state index in [1.165, 1.54) is 6.92 Å². The van der Waals surface area contributed by atoms with Crippen molar-refractivity contribution in [2.75, 3.05) is 5.75 Å². The highest BCUT2D eigenvalue weighted by molar-refractivity contribution is 7.80. The number of rotatable bonds is 13. The van der Waals surface area contributed by atoms with E-state index in [-0.39, 0.29) is 24.5 Å². The van der Waals surface area contributed by atoms with Crippen LogP contribution in [0.5, 0.6) is 0 Å². The number of benzene rings is 1. The molecule has 0 fully saturated rings. The summed E-state index contributed by atoms with van der Waals surface area (Å²) in [6.07, 6.45) is 0.877. The van der Waals surface area contributed by atoms with Gasteiger partial charge in [-0.15, -0.1) is 0 Å². The predicted octanol–water partition coefficient (Wildman–Crippen LogP) is -0.0666. The minimum Gasteiger partial charge on any atom is -0.480 e. The average Bonchev–Trinajstić information content (AvgIpc) is 3.22. The van der Waals surface area contributed by atoms with Gasteiger partial charge in [0.05, 0.1) is 12.1 Å². The molecule has 36 heavy (non-hydrogen) atoms. The topological polar surface area (TPSA) is 187 Å². The van der Waals surface area contributed by atoms with Crippen molar-refractivity contribution in [3.8, 4) is 0 Å². The summed E-state index contributed by atoms with van der Waals surface area (Å²) in [7, 11) is 0. The van der Waals surface area contributed by atoms with Gasteiger partial charge in [-0.1, -0.05) is 32.0 Å². The molecule has 8 N–H and O–H groups in total. The van der Waals surface area contributed by atoms with Crippen LogP contribution >= 0.6 is 12.6 Å². The van der Waals surface area contributed by atoms with E-state index in [9.17, 15) is 29.4 Å². The van der Waals surface area contributed by atoms with Crippen molar-refractivity contribution in [3.63, 3.8) is 0 Å². The number of fused-ring (bicyclic) bond motifs is 1. The van der Waals surface area contributed by atoms with E-state index in [2.05, 4.69) is 33.6 Å². The number of nitrogens with one attached hydrogen (secondary N) is 4. The standard InChI is InChI=1S/C24H35N5O6S/c1-12(2)8-18(22(32)28-19(11-36)24(34)35)27-23(33)20(13(3)30)29-21(31)16(25)9-14-10-26-17-7-5-4-6-15(14)17/h4-7,10,12-13,16,18-20,26,30,36H,8-9,11,25H2,1-3H3,(H,27,33)(H,28,32)(H,29,31)(H,34,35). The number of aromatic amines is 1. The van der Waals surface area contributed by atoms with E-state index in [1.807, 2.05) is 38.1 Å². The minimum absolute atomic E-state index is 0.0236. The minimum atomic E-state index is -1.38. The Morgan fingerprint density at radius 1 is 1.00 bits per heavy atom. The van der Waals surface area contributed by atoms with E-state index in [0.717, 1.165) is 16.5 Å². The van der Waals surface area contributed by atoms with E-state index in [4.69, 9.17) is 5.73 Å². The Kier molecular flexibility index (Phi) is 10.8. The number of aliphatic hydroxyl groups is 1. The third-order valence-corrected chi connectivity index (χ3v) is 6.02. The summed E-state index contributed by atoms with van der Waals surface area (Å²) < 4.78 is 0. The molecule has 0 aliphatic heterocycles. The number of H-pyrrole nitrogens is 1. The zero-order valence-corrected chi connectivity index (χ0v) is 21.4. The van der Waals surface area contributed by atoms with Crippen molar-refractivity contribution < 1.29 is 29.4 Å². The monoisotopic (exact) mass is 521 g/mol. The van der Waals surface area contributed by atoms with Crippen molar-refractivity contribution in [2.24, 2.45) is 11.7 Å². The molecule has 1 heterocycles. The highest BCUT2D eigenvalue weighted by atomic mass is 32.1. The van der Waals surface area contributed by atoms with Crippen molar-refractivity contribution >= 4 is 47.2 Å². The van der Waals surface area contributed by atoms with Crippen LogP contribution in [0.4, 0.5) is 0 Å². The Morgan fingerprint density at radius 2 is 1.64 bits per heavy atom. The molecule has 12 heteroatoms. The quantitative estimate of drug-likeness (QED) is 0.169. The van der Waals surface area contributed by atoms with E-state index in [1.54, 1.807) is 6.20 Å². The zero-order chi connectivity index (χ0) is 27.0. The highest BCUT2D eigenvalue weighted by Crippen LogP contribution is 2.19. The van der Waals surface area contributed by atoms with Gasteiger partial charge >= 0.3 is 5.97 Å². The van der Waals surface area contributed by atoms with Crippen LogP contribution in [0, 0.1) is 5.92 Å². The second-order valence-corrected chi connectivity index (χ2v) is 9.53. The molecule has 5 unspecified atom stereocenters. The Hall–Kier alpha value is -3.09. The van der Waals surface area contributed by atoms with Crippen molar-refractivity contribution in [1.29, 1.82) is 0 Å².